The predicted octanol–water partition coefficient (Wildman–Crippen LogP) is 3.37. The molecule has 0 spiro atoms. The summed E-state index contributed by atoms with van der Waals surface area (Å²) in [6.45, 7) is 14.3. The molecule has 1 fully saturated rings. The van der Waals surface area contributed by atoms with Crippen LogP contribution in [0.5, 0.6) is 0 Å². The summed E-state index contributed by atoms with van der Waals surface area (Å²) in [6, 6.07) is 0.485. The number of piperidine rings is 1. The van der Waals surface area contributed by atoms with Crippen LogP contribution in [0.1, 0.15) is 44.3 Å². The lowest BCUT2D eigenvalue weighted by Crippen LogP contribution is -2.48. The minimum atomic E-state index is 0. The van der Waals surface area contributed by atoms with Crippen LogP contribution in [0.2, 0.25) is 0 Å². The van der Waals surface area contributed by atoms with Gasteiger partial charge in [-0.2, -0.15) is 0 Å². The number of guanidine groups is 1. The molecule has 5 nitrogen and oxygen atoms in total. The molecule has 0 radical (unpaired) electrons. The van der Waals surface area contributed by atoms with Crippen LogP contribution in [-0.4, -0.2) is 48.6 Å². The molecule has 0 aliphatic carbocycles. The largest absolute Gasteiger partial charge is 0.354 e. The number of likely N-dealkylation sites (tertiary alicyclic amines) is 1. The van der Waals surface area contributed by atoms with E-state index in [9.17, 15) is 0 Å². The summed E-state index contributed by atoms with van der Waals surface area (Å²) in [7, 11) is 1.82. The fraction of sp³-hybridized carbons (Fsp3) is 0.667. The van der Waals surface area contributed by atoms with E-state index in [1.807, 2.05) is 13.1 Å². The van der Waals surface area contributed by atoms with Crippen molar-refractivity contribution >= 4 is 41.3 Å². The summed E-state index contributed by atoms with van der Waals surface area (Å²) in [5.74, 6) is 0.865. The Balaban J connectivity index is 0.00000312. The molecule has 2 heterocycles. The van der Waals surface area contributed by atoms with Crippen LogP contribution >= 0.6 is 35.3 Å². The zero-order chi connectivity index (χ0) is 17.6. The van der Waals surface area contributed by atoms with Crippen molar-refractivity contribution in [3.8, 4) is 0 Å². The molecular formula is C18H32IN5S. The van der Waals surface area contributed by atoms with Crippen molar-refractivity contribution in [1.82, 2.24) is 20.5 Å². The Morgan fingerprint density at radius 1 is 1.44 bits per heavy atom. The second kappa shape index (κ2) is 10.5. The quantitative estimate of drug-likeness (QED) is 0.296. The lowest BCUT2D eigenvalue weighted by molar-refractivity contribution is 0.225. The van der Waals surface area contributed by atoms with E-state index in [1.54, 1.807) is 11.3 Å². The molecule has 1 aromatic heterocycles. The molecule has 2 N–H and O–H groups in total. The molecule has 0 atom stereocenters. The number of nitrogens with one attached hydrogen (secondary N) is 2. The summed E-state index contributed by atoms with van der Waals surface area (Å²) >= 11 is 1.71. The smallest absolute Gasteiger partial charge is 0.191 e. The van der Waals surface area contributed by atoms with Crippen LogP contribution in [-0.2, 0) is 12.0 Å². The lowest BCUT2D eigenvalue weighted by atomic mass is 9.93. The monoisotopic (exact) mass is 477 g/mol. The SMILES string of the molecule is C=CCN1CCC(NC(=NC)NCc2nc(C(C)(C)C)cs2)CC1.I. The first kappa shape index (κ1) is 22.4. The van der Waals surface area contributed by atoms with Gasteiger partial charge in [-0.25, -0.2) is 4.98 Å². The molecule has 142 valence electrons. The first-order valence-electron chi connectivity index (χ1n) is 8.67. The number of rotatable bonds is 5. The van der Waals surface area contributed by atoms with Crippen molar-refractivity contribution in [2.75, 3.05) is 26.7 Å². The van der Waals surface area contributed by atoms with E-state index in [0.29, 0.717) is 6.04 Å². The fourth-order valence-corrected chi connectivity index (χ4v) is 3.69. The Morgan fingerprint density at radius 2 is 2.12 bits per heavy atom. The second-order valence-corrected chi connectivity index (χ2v) is 8.25. The van der Waals surface area contributed by atoms with Gasteiger partial charge in [-0.3, -0.25) is 9.89 Å². The van der Waals surface area contributed by atoms with Crippen LogP contribution in [0.15, 0.2) is 23.0 Å². The molecule has 25 heavy (non-hydrogen) atoms. The maximum absolute atomic E-state index is 4.72. The van der Waals surface area contributed by atoms with Gasteiger partial charge in [0.1, 0.15) is 5.01 Å². The van der Waals surface area contributed by atoms with Gasteiger partial charge in [-0.15, -0.1) is 41.9 Å². The summed E-state index contributed by atoms with van der Waals surface area (Å²) in [6.07, 6.45) is 4.26. The van der Waals surface area contributed by atoms with Gasteiger partial charge in [-0.1, -0.05) is 26.8 Å². The van der Waals surface area contributed by atoms with E-state index in [2.05, 4.69) is 53.3 Å². The molecule has 0 unspecified atom stereocenters. The average molecular weight is 477 g/mol. The Bertz CT molecular complexity index is 556. The molecule has 1 aliphatic rings. The zero-order valence-electron chi connectivity index (χ0n) is 15.8. The van der Waals surface area contributed by atoms with E-state index in [4.69, 9.17) is 4.98 Å². The topological polar surface area (TPSA) is 52.5 Å². The lowest BCUT2D eigenvalue weighted by Gasteiger charge is -2.32. The normalized spacial score (nSPS) is 17.0. The van der Waals surface area contributed by atoms with Crippen LogP contribution < -0.4 is 10.6 Å². The molecule has 0 saturated carbocycles. The molecular weight excluding hydrogens is 445 g/mol. The van der Waals surface area contributed by atoms with Gasteiger partial charge in [0.2, 0.25) is 0 Å². The molecule has 0 amide bonds. The molecule has 1 saturated heterocycles. The Hall–Kier alpha value is -0.670. The second-order valence-electron chi connectivity index (χ2n) is 7.31. The van der Waals surface area contributed by atoms with E-state index in [0.717, 1.165) is 55.7 Å². The molecule has 1 aromatic rings. The van der Waals surface area contributed by atoms with Gasteiger partial charge in [-0.05, 0) is 12.8 Å². The van der Waals surface area contributed by atoms with Crippen molar-refractivity contribution in [2.24, 2.45) is 4.99 Å². The third kappa shape index (κ3) is 7.22. The van der Waals surface area contributed by atoms with Gasteiger partial charge in [0, 0.05) is 43.5 Å². The summed E-state index contributed by atoms with van der Waals surface area (Å²) in [5.41, 5.74) is 1.26. The third-order valence-corrected chi connectivity index (χ3v) is 5.12. The molecule has 7 heteroatoms. The average Bonchev–Trinajstić information content (AvgIpc) is 3.02. The minimum absolute atomic E-state index is 0. The Morgan fingerprint density at radius 3 is 2.64 bits per heavy atom. The summed E-state index contributed by atoms with van der Waals surface area (Å²) in [5, 5.41) is 10.2. The third-order valence-electron chi connectivity index (χ3n) is 4.27. The zero-order valence-corrected chi connectivity index (χ0v) is 19.0. The van der Waals surface area contributed by atoms with Gasteiger partial charge in [0.05, 0.1) is 12.2 Å². The van der Waals surface area contributed by atoms with Crippen LogP contribution in [0.4, 0.5) is 0 Å². The van der Waals surface area contributed by atoms with Crippen LogP contribution in [0, 0.1) is 0 Å². The summed E-state index contributed by atoms with van der Waals surface area (Å²) < 4.78 is 0. The number of aromatic nitrogens is 1. The first-order chi connectivity index (χ1) is 11.4. The minimum Gasteiger partial charge on any atom is -0.354 e. The van der Waals surface area contributed by atoms with Crippen molar-refractivity contribution in [3.63, 3.8) is 0 Å². The first-order valence-corrected chi connectivity index (χ1v) is 9.55. The van der Waals surface area contributed by atoms with Gasteiger partial charge < -0.3 is 10.6 Å². The number of thiazole rings is 1. The Labute approximate surface area is 173 Å². The maximum Gasteiger partial charge on any atom is 0.191 e. The highest BCUT2D eigenvalue weighted by Crippen LogP contribution is 2.23. The van der Waals surface area contributed by atoms with Crippen molar-refractivity contribution in [2.45, 2.75) is 51.6 Å². The molecule has 2 rings (SSSR count). The highest BCUT2D eigenvalue weighted by molar-refractivity contribution is 14.0. The number of nitrogens with zero attached hydrogens (tertiary/aromatic N) is 3. The fourth-order valence-electron chi connectivity index (χ4n) is 2.73. The highest BCUT2D eigenvalue weighted by atomic mass is 127. The van der Waals surface area contributed by atoms with Crippen molar-refractivity contribution in [1.29, 1.82) is 0 Å². The Kier molecular flexibility index (Phi) is 9.37. The van der Waals surface area contributed by atoms with Crippen LogP contribution in [0.3, 0.4) is 0 Å². The molecule has 0 bridgehead atoms. The molecule has 1 aliphatic heterocycles. The van der Waals surface area contributed by atoms with Crippen molar-refractivity contribution < 1.29 is 0 Å². The number of hydrogen-bond donors (Lipinski definition) is 2. The number of aliphatic imine (C=N–C) groups is 1. The van der Waals surface area contributed by atoms with E-state index in [-0.39, 0.29) is 29.4 Å². The standard InChI is InChI=1S/C18H31N5S.HI/c1-6-9-23-10-7-14(8-11-23)21-17(19-5)20-12-16-22-15(13-24-16)18(2,3)4;/h6,13-14H,1,7-12H2,2-5H3,(H2,19,20,21);1H. The van der Waals surface area contributed by atoms with Crippen LogP contribution in [0.25, 0.3) is 0 Å². The molecule has 0 aromatic carbocycles. The van der Waals surface area contributed by atoms with Crippen molar-refractivity contribution in [3.05, 3.63) is 28.7 Å². The number of hydrogen-bond acceptors (Lipinski definition) is 4. The van der Waals surface area contributed by atoms with E-state index < -0.39 is 0 Å². The van der Waals surface area contributed by atoms with Gasteiger partial charge in [0.25, 0.3) is 0 Å². The summed E-state index contributed by atoms with van der Waals surface area (Å²) in [4.78, 5) is 11.5. The number of halogens is 1. The van der Waals surface area contributed by atoms with Gasteiger partial charge in [0.15, 0.2) is 5.96 Å². The van der Waals surface area contributed by atoms with Gasteiger partial charge >= 0.3 is 0 Å². The van der Waals surface area contributed by atoms with E-state index >= 15 is 0 Å². The predicted molar refractivity (Wildman–Crippen MR) is 119 cm³/mol. The maximum atomic E-state index is 4.72. The van der Waals surface area contributed by atoms with E-state index in [1.165, 1.54) is 0 Å². The highest BCUT2D eigenvalue weighted by Gasteiger charge is 2.20.